The van der Waals surface area contributed by atoms with Crippen molar-refractivity contribution in [2.75, 3.05) is 5.32 Å². The van der Waals surface area contributed by atoms with Gasteiger partial charge < -0.3 is 5.32 Å². The van der Waals surface area contributed by atoms with Gasteiger partial charge >= 0.3 is 0 Å². The van der Waals surface area contributed by atoms with Gasteiger partial charge in [0.2, 0.25) is 0 Å². The fourth-order valence-electron chi connectivity index (χ4n) is 3.46. The largest absolute Gasteiger partial charge is 0.355 e. The van der Waals surface area contributed by atoms with Gasteiger partial charge in [-0.3, -0.25) is 0 Å². The fraction of sp³-hybridized carbons (Fsp3) is 0.111. The average Bonchev–Trinajstić information content (AvgIpc) is 2.73. The van der Waals surface area contributed by atoms with E-state index in [0.717, 1.165) is 17.8 Å². The smallest absolute Gasteiger partial charge is 0.0413 e. The van der Waals surface area contributed by atoms with Crippen molar-refractivity contribution in [2.24, 2.45) is 0 Å². The quantitative estimate of drug-likeness (QED) is 0.392. The molecule has 1 N–H and O–H groups in total. The Bertz CT molecular complexity index is 971. The van der Waals surface area contributed by atoms with Crippen molar-refractivity contribution in [3.63, 3.8) is 0 Å². The van der Waals surface area contributed by atoms with Crippen molar-refractivity contribution in [3.05, 3.63) is 119 Å². The first kappa shape index (κ1) is 18.1. The van der Waals surface area contributed by atoms with Crippen LogP contribution >= 0.6 is 0 Å². The van der Waals surface area contributed by atoms with Crippen LogP contribution < -0.4 is 5.32 Å². The molecular formula is C27H25N. The van der Waals surface area contributed by atoms with Crippen LogP contribution in [-0.2, 0) is 6.42 Å². The third kappa shape index (κ3) is 4.15. The Morgan fingerprint density at radius 2 is 1.14 bits per heavy atom. The molecule has 0 bridgehead atoms. The van der Waals surface area contributed by atoms with Crippen LogP contribution in [0.25, 0.3) is 11.1 Å². The van der Waals surface area contributed by atoms with E-state index in [-0.39, 0.29) is 0 Å². The zero-order chi connectivity index (χ0) is 19.3. The number of rotatable bonds is 5. The number of hydrogen-bond acceptors (Lipinski definition) is 1. The second-order valence-electron chi connectivity index (χ2n) is 7.32. The van der Waals surface area contributed by atoms with Crippen LogP contribution in [0, 0.1) is 13.8 Å². The molecule has 4 aromatic rings. The Morgan fingerprint density at radius 1 is 0.571 bits per heavy atom. The highest BCUT2D eigenvalue weighted by atomic mass is 14.9. The van der Waals surface area contributed by atoms with Crippen LogP contribution in [-0.4, -0.2) is 0 Å². The Labute approximate surface area is 167 Å². The first-order valence-corrected chi connectivity index (χ1v) is 9.75. The number of benzene rings is 4. The average molecular weight is 364 g/mol. The van der Waals surface area contributed by atoms with Crippen molar-refractivity contribution in [3.8, 4) is 11.1 Å². The van der Waals surface area contributed by atoms with E-state index in [2.05, 4.69) is 116 Å². The lowest BCUT2D eigenvalue weighted by atomic mass is 9.98. The molecule has 0 heterocycles. The molecular weight excluding hydrogens is 338 g/mol. The third-order valence-corrected chi connectivity index (χ3v) is 5.25. The molecule has 0 fully saturated rings. The molecule has 0 aliphatic carbocycles. The number of para-hydroxylation sites is 1. The Hall–Kier alpha value is -3.32. The van der Waals surface area contributed by atoms with Crippen molar-refractivity contribution < 1.29 is 0 Å². The minimum absolute atomic E-state index is 0.978. The molecule has 1 nitrogen and oxygen atoms in total. The molecule has 0 unspecified atom stereocenters. The van der Waals surface area contributed by atoms with Crippen LogP contribution in [0.3, 0.4) is 0 Å². The summed E-state index contributed by atoms with van der Waals surface area (Å²) in [4.78, 5) is 0. The standard InChI is InChI=1S/C27H25N/c1-20-7-3-5-9-25(20)19-22-11-13-23(14-12-22)24-15-17-26(18-16-24)28-27-10-6-4-8-21(27)2/h3-18,28H,19H2,1-2H3. The Balaban J connectivity index is 1.47. The zero-order valence-corrected chi connectivity index (χ0v) is 16.4. The summed E-state index contributed by atoms with van der Waals surface area (Å²) < 4.78 is 0. The van der Waals surface area contributed by atoms with Gasteiger partial charge in [0, 0.05) is 11.4 Å². The van der Waals surface area contributed by atoms with Crippen LogP contribution in [0.2, 0.25) is 0 Å². The number of hydrogen-bond donors (Lipinski definition) is 1. The van der Waals surface area contributed by atoms with E-state index in [9.17, 15) is 0 Å². The highest BCUT2D eigenvalue weighted by Gasteiger charge is 2.03. The molecule has 0 aromatic heterocycles. The number of anilines is 2. The minimum atomic E-state index is 0.978. The normalized spacial score (nSPS) is 10.6. The predicted octanol–water partition coefficient (Wildman–Crippen LogP) is 7.30. The van der Waals surface area contributed by atoms with Gasteiger partial charge in [-0.2, -0.15) is 0 Å². The molecule has 28 heavy (non-hydrogen) atoms. The lowest BCUT2D eigenvalue weighted by Gasteiger charge is -2.11. The summed E-state index contributed by atoms with van der Waals surface area (Å²) >= 11 is 0. The Kier molecular flexibility index (Phi) is 5.25. The summed E-state index contributed by atoms with van der Waals surface area (Å²) in [6.07, 6.45) is 0.978. The van der Waals surface area contributed by atoms with Crippen molar-refractivity contribution in [2.45, 2.75) is 20.3 Å². The maximum Gasteiger partial charge on any atom is 0.0413 e. The van der Waals surface area contributed by atoms with Crippen LogP contribution in [0.5, 0.6) is 0 Å². The summed E-state index contributed by atoms with van der Waals surface area (Å²) in [5.41, 5.74) is 10.1. The molecule has 4 aromatic carbocycles. The maximum atomic E-state index is 3.49. The lowest BCUT2D eigenvalue weighted by Crippen LogP contribution is -1.93. The highest BCUT2D eigenvalue weighted by molar-refractivity contribution is 5.69. The van der Waals surface area contributed by atoms with Crippen molar-refractivity contribution >= 4 is 11.4 Å². The molecule has 4 rings (SSSR count). The summed E-state index contributed by atoms with van der Waals surface area (Å²) in [6, 6.07) is 34.5. The van der Waals surface area contributed by atoms with Gasteiger partial charge in [0.25, 0.3) is 0 Å². The topological polar surface area (TPSA) is 12.0 Å². The molecule has 0 amide bonds. The van der Waals surface area contributed by atoms with E-state index in [1.54, 1.807) is 0 Å². The molecule has 1 heteroatoms. The molecule has 0 spiro atoms. The van der Waals surface area contributed by atoms with Crippen LogP contribution in [0.1, 0.15) is 22.3 Å². The van der Waals surface area contributed by atoms with E-state index in [1.165, 1.54) is 33.4 Å². The predicted molar refractivity (Wildman–Crippen MR) is 120 cm³/mol. The lowest BCUT2D eigenvalue weighted by molar-refractivity contribution is 1.16. The first-order valence-electron chi connectivity index (χ1n) is 9.75. The molecule has 138 valence electrons. The first-order chi connectivity index (χ1) is 13.7. The van der Waals surface area contributed by atoms with Gasteiger partial charge in [0.1, 0.15) is 0 Å². The van der Waals surface area contributed by atoms with Gasteiger partial charge in [-0.15, -0.1) is 0 Å². The zero-order valence-electron chi connectivity index (χ0n) is 16.4. The van der Waals surface area contributed by atoms with Crippen LogP contribution in [0.4, 0.5) is 11.4 Å². The van der Waals surface area contributed by atoms with E-state index in [1.807, 2.05) is 0 Å². The molecule has 0 radical (unpaired) electrons. The SMILES string of the molecule is Cc1ccccc1Cc1ccc(-c2ccc(Nc3ccccc3C)cc2)cc1. The van der Waals surface area contributed by atoms with Crippen molar-refractivity contribution in [1.82, 2.24) is 0 Å². The van der Waals surface area contributed by atoms with E-state index >= 15 is 0 Å². The molecule has 0 aliphatic rings. The van der Waals surface area contributed by atoms with Gasteiger partial charge in [0.05, 0.1) is 0 Å². The second-order valence-corrected chi connectivity index (χ2v) is 7.32. The Morgan fingerprint density at radius 3 is 1.79 bits per heavy atom. The molecule has 0 saturated heterocycles. The number of aryl methyl sites for hydroxylation is 2. The van der Waals surface area contributed by atoms with Crippen molar-refractivity contribution in [1.29, 1.82) is 0 Å². The van der Waals surface area contributed by atoms with E-state index < -0.39 is 0 Å². The van der Waals surface area contributed by atoms with E-state index in [4.69, 9.17) is 0 Å². The minimum Gasteiger partial charge on any atom is -0.355 e. The summed E-state index contributed by atoms with van der Waals surface area (Å²) in [6.45, 7) is 4.30. The van der Waals surface area contributed by atoms with Gasteiger partial charge in [-0.05, 0) is 71.8 Å². The van der Waals surface area contributed by atoms with Crippen LogP contribution in [0.15, 0.2) is 97.1 Å². The summed E-state index contributed by atoms with van der Waals surface area (Å²) in [5.74, 6) is 0. The summed E-state index contributed by atoms with van der Waals surface area (Å²) in [5, 5.41) is 3.49. The van der Waals surface area contributed by atoms with Gasteiger partial charge in [-0.25, -0.2) is 0 Å². The maximum absolute atomic E-state index is 3.49. The van der Waals surface area contributed by atoms with Gasteiger partial charge in [0.15, 0.2) is 0 Å². The molecule has 0 saturated carbocycles. The monoisotopic (exact) mass is 363 g/mol. The highest BCUT2D eigenvalue weighted by Crippen LogP contribution is 2.25. The number of nitrogens with one attached hydrogen (secondary N) is 1. The van der Waals surface area contributed by atoms with Gasteiger partial charge in [-0.1, -0.05) is 78.9 Å². The van der Waals surface area contributed by atoms with E-state index in [0.29, 0.717) is 0 Å². The molecule has 0 aliphatic heterocycles. The third-order valence-electron chi connectivity index (χ3n) is 5.25. The molecule has 0 atom stereocenters. The summed E-state index contributed by atoms with van der Waals surface area (Å²) in [7, 11) is 0. The fourth-order valence-corrected chi connectivity index (χ4v) is 3.46. The second kappa shape index (κ2) is 8.14.